The Labute approximate surface area is 125 Å². The highest BCUT2D eigenvalue weighted by Gasteiger charge is 2.27. The number of aliphatic hydroxyl groups excluding tert-OH is 1. The number of aliphatic hydroxyl groups is 1. The lowest BCUT2D eigenvalue weighted by Gasteiger charge is -2.22. The second-order valence-electron chi connectivity index (χ2n) is 5.41. The summed E-state index contributed by atoms with van der Waals surface area (Å²) in [7, 11) is 0. The maximum atomic E-state index is 12.1. The van der Waals surface area contributed by atoms with E-state index in [1.54, 1.807) is 11.8 Å². The lowest BCUT2D eigenvalue weighted by molar-refractivity contribution is -0.132. The number of rotatable bonds is 5. The summed E-state index contributed by atoms with van der Waals surface area (Å²) >= 11 is 1.73. The van der Waals surface area contributed by atoms with Gasteiger partial charge in [-0.1, -0.05) is 6.07 Å². The van der Waals surface area contributed by atoms with Gasteiger partial charge in [-0.3, -0.25) is 4.79 Å². The minimum Gasteiger partial charge on any atom is -0.394 e. The average molecular weight is 293 g/mol. The molecule has 0 radical (unpaired) electrons. The van der Waals surface area contributed by atoms with Crippen molar-refractivity contribution < 1.29 is 9.90 Å². The summed E-state index contributed by atoms with van der Waals surface area (Å²) in [5, 5.41) is 9.25. The van der Waals surface area contributed by atoms with Crippen molar-refractivity contribution in [2.75, 3.05) is 18.9 Å². The fourth-order valence-corrected chi connectivity index (χ4v) is 3.49. The third-order valence-electron chi connectivity index (χ3n) is 3.97. The fraction of sp³-hybridized carbons (Fsp3) is 0.562. The zero-order valence-electron chi connectivity index (χ0n) is 12.3. The van der Waals surface area contributed by atoms with E-state index in [-0.39, 0.29) is 18.6 Å². The van der Waals surface area contributed by atoms with Crippen LogP contribution in [0.2, 0.25) is 0 Å². The number of aryl methyl sites for hydroxylation is 2. The summed E-state index contributed by atoms with van der Waals surface area (Å²) in [5.41, 5.74) is 2.59. The molecular weight excluding hydrogens is 270 g/mol. The van der Waals surface area contributed by atoms with Crippen molar-refractivity contribution in [3.05, 3.63) is 29.3 Å². The lowest BCUT2D eigenvalue weighted by atomic mass is 10.1. The quantitative estimate of drug-likeness (QED) is 0.849. The molecule has 1 aliphatic rings. The summed E-state index contributed by atoms with van der Waals surface area (Å²) in [5.74, 6) is 0.980. The van der Waals surface area contributed by atoms with Crippen molar-refractivity contribution >= 4 is 17.7 Å². The largest absolute Gasteiger partial charge is 0.394 e. The third-order valence-corrected chi connectivity index (χ3v) is 4.97. The Hall–Kier alpha value is -1.00. The van der Waals surface area contributed by atoms with E-state index >= 15 is 0 Å². The van der Waals surface area contributed by atoms with Gasteiger partial charge in [0.2, 0.25) is 5.91 Å². The molecule has 0 saturated carbocycles. The molecule has 1 aromatic carbocycles. The lowest BCUT2D eigenvalue weighted by Crippen LogP contribution is -2.37. The van der Waals surface area contributed by atoms with Crippen LogP contribution in [0.15, 0.2) is 23.1 Å². The first-order valence-corrected chi connectivity index (χ1v) is 8.20. The minimum absolute atomic E-state index is 0.0501. The van der Waals surface area contributed by atoms with Crippen LogP contribution in [0.5, 0.6) is 0 Å². The molecule has 1 fully saturated rings. The Kier molecular flexibility index (Phi) is 5.49. The summed E-state index contributed by atoms with van der Waals surface area (Å²) in [6.07, 6.45) is 2.50. The van der Waals surface area contributed by atoms with Crippen molar-refractivity contribution in [3.63, 3.8) is 0 Å². The van der Waals surface area contributed by atoms with Crippen molar-refractivity contribution in [1.82, 2.24) is 4.90 Å². The van der Waals surface area contributed by atoms with E-state index in [1.807, 2.05) is 4.90 Å². The van der Waals surface area contributed by atoms with Gasteiger partial charge in [0.05, 0.1) is 12.6 Å². The Morgan fingerprint density at radius 2 is 2.20 bits per heavy atom. The van der Waals surface area contributed by atoms with Crippen LogP contribution in [-0.2, 0) is 4.79 Å². The maximum absolute atomic E-state index is 12.1. The van der Waals surface area contributed by atoms with Gasteiger partial charge in [-0.05, 0) is 49.9 Å². The van der Waals surface area contributed by atoms with Crippen molar-refractivity contribution in [2.45, 2.75) is 44.0 Å². The van der Waals surface area contributed by atoms with Crippen LogP contribution in [0.25, 0.3) is 0 Å². The van der Waals surface area contributed by atoms with Gasteiger partial charge in [-0.25, -0.2) is 0 Å². The number of benzene rings is 1. The molecular formula is C16H23NO2S. The zero-order chi connectivity index (χ0) is 14.5. The van der Waals surface area contributed by atoms with Gasteiger partial charge in [0.25, 0.3) is 0 Å². The Morgan fingerprint density at radius 1 is 1.40 bits per heavy atom. The topological polar surface area (TPSA) is 40.5 Å². The number of nitrogens with zero attached hydrogens (tertiary/aromatic N) is 1. The summed E-state index contributed by atoms with van der Waals surface area (Å²) in [6, 6.07) is 6.47. The molecule has 0 bridgehead atoms. The van der Waals surface area contributed by atoms with Crippen LogP contribution in [0.4, 0.5) is 0 Å². The minimum atomic E-state index is 0.0501. The van der Waals surface area contributed by atoms with E-state index in [1.165, 1.54) is 16.0 Å². The van der Waals surface area contributed by atoms with Crippen LogP contribution in [-0.4, -0.2) is 40.9 Å². The monoisotopic (exact) mass is 293 g/mol. The molecule has 0 spiro atoms. The van der Waals surface area contributed by atoms with E-state index < -0.39 is 0 Å². The molecule has 20 heavy (non-hydrogen) atoms. The average Bonchev–Trinajstić information content (AvgIpc) is 2.91. The van der Waals surface area contributed by atoms with Gasteiger partial charge >= 0.3 is 0 Å². The molecule has 1 atom stereocenters. The predicted molar refractivity (Wildman–Crippen MR) is 83.1 cm³/mol. The normalized spacial score (nSPS) is 18.6. The number of carbonyl (C=O) groups is 1. The van der Waals surface area contributed by atoms with Crippen LogP contribution in [0, 0.1) is 13.8 Å². The Bertz CT molecular complexity index is 476. The molecule has 0 unspecified atom stereocenters. The van der Waals surface area contributed by atoms with Crippen LogP contribution < -0.4 is 0 Å². The second-order valence-corrected chi connectivity index (χ2v) is 6.58. The first-order chi connectivity index (χ1) is 9.61. The molecule has 0 aliphatic carbocycles. The van der Waals surface area contributed by atoms with E-state index in [4.69, 9.17) is 0 Å². The highest BCUT2D eigenvalue weighted by Crippen LogP contribution is 2.23. The Morgan fingerprint density at radius 3 is 2.90 bits per heavy atom. The smallest absolute Gasteiger partial charge is 0.223 e. The molecule has 1 N–H and O–H groups in total. The highest BCUT2D eigenvalue weighted by atomic mass is 32.2. The first kappa shape index (κ1) is 15.4. The third kappa shape index (κ3) is 3.76. The SMILES string of the molecule is Cc1ccc(SCCC(=O)N2CCC[C@H]2CO)cc1C. The van der Waals surface area contributed by atoms with Gasteiger partial charge in [0.15, 0.2) is 0 Å². The molecule has 1 amide bonds. The van der Waals surface area contributed by atoms with E-state index in [0.29, 0.717) is 6.42 Å². The summed E-state index contributed by atoms with van der Waals surface area (Å²) in [6.45, 7) is 5.12. The number of thioether (sulfide) groups is 1. The van der Waals surface area contributed by atoms with E-state index in [0.717, 1.165) is 25.1 Å². The Balaban J connectivity index is 1.80. The van der Waals surface area contributed by atoms with Crippen molar-refractivity contribution in [1.29, 1.82) is 0 Å². The fourth-order valence-electron chi connectivity index (χ4n) is 2.56. The zero-order valence-corrected chi connectivity index (χ0v) is 13.1. The molecule has 1 saturated heterocycles. The number of hydrogen-bond acceptors (Lipinski definition) is 3. The molecule has 0 aromatic heterocycles. The molecule has 2 rings (SSSR count). The predicted octanol–water partition coefficient (Wildman–Crippen LogP) is 2.77. The molecule has 3 nitrogen and oxygen atoms in total. The van der Waals surface area contributed by atoms with Crippen LogP contribution in [0.3, 0.4) is 0 Å². The van der Waals surface area contributed by atoms with Gasteiger partial charge in [0, 0.05) is 23.6 Å². The maximum Gasteiger partial charge on any atom is 0.223 e. The molecule has 1 heterocycles. The summed E-state index contributed by atoms with van der Waals surface area (Å²) in [4.78, 5) is 15.2. The van der Waals surface area contributed by atoms with Gasteiger partial charge in [-0.2, -0.15) is 0 Å². The van der Waals surface area contributed by atoms with Crippen molar-refractivity contribution in [3.8, 4) is 0 Å². The molecule has 4 heteroatoms. The molecule has 1 aliphatic heterocycles. The number of hydrogen-bond donors (Lipinski definition) is 1. The standard InChI is InChI=1S/C16H23NO2S/c1-12-5-6-15(10-13(12)2)20-9-7-16(19)17-8-3-4-14(17)11-18/h5-6,10,14,18H,3-4,7-9,11H2,1-2H3/t14-/m0/s1. The second kappa shape index (κ2) is 7.14. The van der Waals surface area contributed by atoms with Gasteiger partial charge in [-0.15, -0.1) is 11.8 Å². The van der Waals surface area contributed by atoms with Gasteiger partial charge < -0.3 is 10.0 Å². The van der Waals surface area contributed by atoms with Crippen LogP contribution in [0.1, 0.15) is 30.4 Å². The first-order valence-electron chi connectivity index (χ1n) is 7.22. The van der Waals surface area contributed by atoms with E-state index in [2.05, 4.69) is 32.0 Å². The molecule has 1 aromatic rings. The number of amides is 1. The summed E-state index contributed by atoms with van der Waals surface area (Å²) < 4.78 is 0. The van der Waals surface area contributed by atoms with Crippen molar-refractivity contribution in [2.24, 2.45) is 0 Å². The van der Waals surface area contributed by atoms with Gasteiger partial charge in [0.1, 0.15) is 0 Å². The molecule has 110 valence electrons. The number of carbonyl (C=O) groups excluding carboxylic acids is 1. The number of likely N-dealkylation sites (tertiary alicyclic amines) is 1. The van der Waals surface area contributed by atoms with E-state index in [9.17, 15) is 9.90 Å². The van der Waals surface area contributed by atoms with Crippen LogP contribution >= 0.6 is 11.8 Å². The highest BCUT2D eigenvalue weighted by molar-refractivity contribution is 7.99.